The fraction of sp³-hybridized carbons (Fsp3) is 0.714. The molecule has 2 heterocycles. The van der Waals surface area contributed by atoms with Crippen LogP contribution in [0.4, 0.5) is 5.69 Å². The van der Waals surface area contributed by atoms with Gasteiger partial charge in [0.2, 0.25) is 6.79 Å². The van der Waals surface area contributed by atoms with Crippen molar-refractivity contribution in [2.24, 2.45) is 5.92 Å². The van der Waals surface area contributed by atoms with Crippen LogP contribution in [0.3, 0.4) is 0 Å². The molecule has 0 radical (unpaired) electrons. The van der Waals surface area contributed by atoms with Gasteiger partial charge in [-0.05, 0) is 46.1 Å². The molecule has 16 nitrogen and oxygen atoms in total. The summed E-state index contributed by atoms with van der Waals surface area (Å²) in [6.45, 7) is 1.50. The first-order valence-corrected chi connectivity index (χ1v) is 14.4. The fourth-order valence-electron chi connectivity index (χ4n) is 5.51. The van der Waals surface area contributed by atoms with E-state index in [0.717, 1.165) is 0 Å². The van der Waals surface area contributed by atoms with Crippen molar-refractivity contribution in [2.45, 2.75) is 74.8 Å². The molecule has 5 unspecified atom stereocenters. The van der Waals surface area contributed by atoms with Gasteiger partial charge >= 0.3 is 11.9 Å². The highest BCUT2D eigenvalue weighted by molar-refractivity contribution is 5.93. The van der Waals surface area contributed by atoms with E-state index in [2.05, 4.69) is 10.6 Å². The summed E-state index contributed by atoms with van der Waals surface area (Å²) < 4.78 is 33.4. The number of nitrogen functional groups attached to an aromatic ring is 1. The molecule has 0 saturated carbocycles. The van der Waals surface area contributed by atoms with Crippen LogP contribution >= 0.6 is 0 Å². The van der Waals surface area contributed by atoms with Crippen molar-refractivity contribution in [2.75, 3.05) is 53.0 Å². The molecular formula is C28H45N3O13. The molecule has 2 fully saturated rings. The molecule has 9 N–H and O–H groups in total. The molecule has 0 aliphatic carbocycles. The molecule has 0 amide bonds. The monoisotopic (exact) mass is 631 g/mol. The van der Waals surface area contributed by atoms with Gasteiger partial charge in [0, 0.05) is 11.6 Å². The van der Waals surface area contributed by atoms with Gasteiger partial charge in [0.15, 0.2) is 6.10 Å². The largest absolute Gasteiger partial charge is 0.507 e. The van der Waals surface area contributed by atoms with E-state index in [4.69, 9.17) is 34.2 Å². The minimum Gasteiger partial charge on any atom is -0.507 e. The zero-order valence-electron chi connectivity index (χ0n) is 25.2. The molecule has 44 heavy (non-hydrogen) atoms. The second kappa shape index (κ2) is 16.6. The van der Waals surface area contributed by atoms with Crippen LogP contribution in [0.2, 0.25) is 0 Å². The number of esters is 2. The Morgan fingerprint density at radius 1 is 0.977 bits per heavy atom. The summed E-state index contributed by atoms with van der Waals surface area (Å²) >= 11 is 0. The van der Waals surface area contributed by atoms with Crippen molar-refractivity contribution >= 4 is 17.6 Å². The second-order valence-corrected chi connectivity index (χ2v) is 10.8. The van der Waals surface area contributed by atoms with Crippen molar-refractivity contribution < 1.29 is 63.5 Å². The van der Waals surface area contributed by atoms with E-state index in [1.807, 2.05) is 0 Å². The van der Waals surface area contributed by atoms with Crippen molar-refractivity contribution in [3.63, 3.8) is 0 Å². The van der Waals surface area contributed by atoms with Crippen LogP contribution in [0.1, 0.15) is 24.2 Å². The molecule has 16 heteroatoms. The number of hydrogen-bond donors (Lipinski definition) is 8. The van der Waals surface area contributed by atoms with E-state index in [9.17, 15) is 35.1 Å². The summed E-state index contributed by atoms with van der Waals surface area (Å²) in [5, 5.41) is 57.3. The Labute approximate surface area is 255 Å². The van der Waals surface area contributed by atoms with Crippen molar-refractivity contribution in [1.29, 1.82) is 0 Å². The molecule has 2 aliphatic heterocycles. The quantitative estimate of drug-likeness (QED) is 0.0457. The van der Waals surface area contributed by atoms with Gasteiger partial charge < -0.3 is 70.3 Å². The Kier molecular flexibility index (Phi) is 13.5. The molecular weight excluding hydrogens is 586 g/mol. The number of aromatic hydroxyl groups is 1. The number of carbonyl (C=O) groups excluding carboxylic acids is 2. The Balaban J connectivity index is 1.58. The van der Waals surface area contributed by atoms with Crippen molar-refractivity contribution in [3.05, 3.63) is 23.8 Å². The number of nitrogens with one attached hydrogen (secondary N) is 2. The summed E-state index contributed by atoms with van der Waals surface area (Å²) in [5.74, 6) is -2.78. The van der Waals surface area contributed by atoms with Crippen molar-refractivity contribution in [1.82, 2.24) is 10.6 Å². The minimum absolute atomic E-state index is 0.0141. The highest BCUT2D eigenvalue weighted by Gasteiger charge is 2.47. The average molecular weight is 632 g/mol. The van der Waals surface area contributed by atoms with Gasteiger partial charge in [0.1, 0.15) is 29.6 Å². The van der Waals surface area contributed by atoms with Gasteiger partial charge in [-0.2, -0.15) is 0 Å². The molecule has 2 aliphatic rings. The minimum atomic E-state index is -1.35. The summed E-state index contributed by atoms with van der Waals surface area (Å²) in [7, 11) is 3.30. The highest BCUT2D eigenvalue weighted by Crippen LogP contribution is 2.28. The molecule has 0 aromatic heterocycles. The predicted molar refractivity (Wildman–Crippen MR) is 152 cm³/mol. The topological polar surface area (TPSA) is 241 Å². The third-order valence-electron chi connectivity index (χ3n) is 7.94. The molecule has 1 aromatic rings. The first kappa shape index (κ1) is 35.8. The number of likely N-dealkylation sites (N-methyl/N-ethyl adjacent to an activating group) is 2. The Bertz CT molecular complexity index is 1080. The highest BCUT2D eigenvalue weighted by atomic mass is 16.7. The van der Waals surface area contributed by atoms with Crippen LogP contribution in [0, 0.1) is 5.92 Å². The smallest absolute Gasteiger partial charge is 0.344 e. The number of hydrogen-bond acceptors (Lipinski definition) is 16. The number of anilines is 1. The third-order valence-corrected chi connectivity index (χ3v) is 7.94. The summed E-state index contributed by atoms with van der Waals surface area (Å²) in [4.78, 5) is 24.8. The summed E-state index contributed by atoms with van der Waals surface area (Å²) in [5.41, 5.74) is 5.64. The lowest BCUT2D eigenvalue weighted by Crippen LogP contribution is -2.65. The van der Waals surface area contributed by atoms with Gasteiger partial charge in [-0.1, -0.05) is 0 Å². The zero-order valence-corrected chi connectivity index (χ0v) is 25.2. The number of rotatable bonds is 14. The standard InChI is InChI=1S/C28H45N3O13/c1-13-22(30-3)24(35)17(19(8-32)42-13)10-39-11-21-23(31-4)26(25(36)20(9-33)44-21)43-14(2)27(37)40-12-41-28(38)16-7-15(29)5-6-18(16)34/h5-7,13-14,17,19-26,30-36H,8-12,29H2,1-4H3/t13-,14?,17-,19?,20?,21-,22?,23?,24-,25-,26+/m0/s1. The van der Waals surface area contributed by atoms with Crippen LogP contribution in [-0.2, 0) is 33.2 Å². The summed E-state index contributed by atoms with van der Waals surface area (Å²) in [6, 6.07) is 2.74. The van der Waals surface area contributed by atoms with Gasteiger partial charge in [0.25, 0.3) is 0 Å². The maximum atomic E-state index is 12.6. The number of nitrogens with two attached hydrogens (primary N) is 1. The molecule has 0 bridgehead atoms. The lowest BCUT2D eigenvalue weighted by atomic mass is 9.86. The van der Waals surface area contributed by atoms with E-state index in [1.165, 1.54) is 25.1 Å². The van der Waals surface area contributed by atoms with Crippen LogP contribution in [0.15, 0.2) is 18.2 Å². The summed E-state index contributed by atoms with van der Waals surface area (Å²) in [6.07, 6.45) is -7.35. The Morgan fingerprint density at radius 2 is 1.66 bits per heavy atom. The molecule has 2 saturated heterocycles. The van der Waals surface area contributed by atoms with Crippen molar-refractivity contribution in [3.8, 4) is 5.75 Å². The molecule has 3 rings (SSSR count). The predicted octanol–water partition coefficient (Wildman–Crippen LogP) is -2.52. The Morgan fingerprint density at radius 3 is 2.30 bits per heavy atom. The molecule has 0 spiro atoms. The first-order chi connectivity index (χ1) is 21.0. The number of carbonyl (C=O) groups is 2. The number of benzene rings is 1. The zero-order chi connectivity index (χ0) is 32.6. The van der Waals surface area contributed by atoms with E-state index >= 15 is 0 Å². The Hall–Kier alpha value is -2.64. The molecule has 1 aromatic carbocycles. The number of phenolic OH excluding ortho intramolecular Hbond substituents is 1. The second-order valence-electron chi connectivity index (χ2n) is 10.8. The third kappa shape index (κ3) is 8.54. The van der Waals surface area contributed by atoms with Crippen LogP contribution in [0.25, 0.3) is 0 Å². The number of aliphatic hydroxyl groups excluding tert-OH is 4. The number of phenols is 1. The maximum Gasteiger partial charge on any atom is 0.344 e. The average Bonchev–Trinajstić information content (AvgIpc) is 3.00. The van der Waals surface area contributed by atoms with E-state index in [0.29, 0.717) is 0 Å². The lowest BCUT2D eigenvalue weighted by molar-refractivity contribution is -0.232. The molecule has 250 valence electrons. The van der Waals surface area contributed by atoms with Crippen LogP contribution < -0.4 is 16.4 Å². The molecule has 11 atom stereocenters. The number of ether oxygens (including phenoxy) is 6. The maximum absolute atomic E-state index is 12.6. The van der Waals surface area contributed by atoms with Gasteiger partial charge in [0.05, 0.1) is 62.9 Å². The number of aliphatic hydroxyl groups is 4. The fourth-order valence-corrected chi connectivity index (χ4v) is 5.51. The normalized spacial score (nSPS) is 33.0. The SMILES string of the molecule is CNC1[C@H](C)OC(CO)[C@H](COC[C@@H]2OC(CO)[C@H](O)[C@H](OC(C)C(=O)OCOC(=O)c3cc(N)ccc3O)C2NC)[C@@H]1O. The van der Waals surface area contributed by atoms with E-state index in [1.54, 1.807) is 21.0 Å². The van der Waals surface area contributed by atoms with Crippen LogP contribution in [0.5, 0.6) is 5.75 Å². The van der Waals surface area contributed by atoms with Gasteiger partial charge in [-0.3, -0.25) is 0 Å². The van der Waals surface area contributed by atoms with Gasteiger partial charge in [-0.25, -0.2) is 9.59 Å². The van der Waals surface area contributed by atoms with E-state index in [-0.39, 0.29) is 49.0 Å². The van der Waals surface area contributed by atoms with Crippen LogP contribution in [-0.4, -0.2) is 146 Å². The van der Waals surface area contributed by atoms with E-state index < -0.39 is 80.0 Å². The van der Waals surface area contributed by atoms with Gasteiger partial charge in [-0.15, -0.1) is 0 Å². The lowest BCUT2D eigenvalue weighted by Gasteiger charge is -2.45. The first-order valence-electron chi connectivity index (χ1n) is 14.4.